The summed E-state index contributed by atoms with van der Waals surface area (Å²) in [7, 11) is 3.40. The van der Waals surface area contributed by atoms with Crippen molar-refractivity contribution < 1.29 is 9.59 Å². The highest BCUT2D eigenvalue weighted by Crippen LogP contribution is 2.20. The van der Waals surface area contributed by atoms with Gasteiger partial charge in [-0.2, -0.15) is 0 Å². The van der Waals surface area contributed by atoms with E-state index in [0.717, 1.165) is 12.8 Å². The molecule has 1 saturated heterocycles. The Balaban J connectivity index is 2.73. The van der Waals surface area contributed by atoms with E-state index in [1.165, 1.54) is 4.90 Å². The molecule has 0 aromatic carbocycles. The van der Waals surface area contributed by atoms with Gasteiger partial charge in [-0.05, 0) is 19.8 Å². The van der Waals surface area contributed by atoms with E-state index in [-0.39, 0.29) is 17.9 Å². The van der Waals surface area contributed by atoms with Gasteiger partial charge in [-0.15, -0.1) is 11.6 Å². The maximum absolute atomic E-state index is 11.8. The molecule has 1 rings (SSSR count). The second kappa shape index (κ2) is 4.84. The van der Waals surface area contributed by atoms with Crippen molar-refractivity contribution in [2.75, 3.05) is 20.6 Å². The van der Waals surface area contributed by atoms with Crippen molar-refractivity contribution in [1.29, 1.82) is 0 Å². The Bertz CT molecular complexity index is 240. The van der Waals surface area contributed by atoms with Gasteiger partial charge in [0, 0.05) is 20.6 Å². The van der Waals surface area contributed by atoms with Crippen molar-refractivity contribution >= 4 is 23.4 Å². The summed E-state index contributed by atoms with van der Waals surface area (Å²) in [5, 5.41) is -0.555. The van der Waals surface area contributed by atoms with E-state index < -0.39 is 5.38 Å². The first-order chi connectivity index (χ1) is 6.95. The lowest BCUT2D eigenvalue weighted by molar-refractivity contribution is -0.141. The molecular weight excluding hydrogens is 216 g/mol. The first kappa shape index (κ1) is 12.3. The Morgan fingerprint density at radius 3 is 2.53 bits per heavy atom. The number of likely N-dealkylation sites (tertiary alicyclic amines) is 1. The van der Waals surface area contributed by atoms with E-state index in [0.29, 0.717) is 6.54 Å². The number of amides is 2. The smallest absolute Gasteiger partial charge is 0.244 e. The topological polar surface area (TPSA) is 40.6 Å². The molecule has 86 valence electrons. The fraction of sp³-hybridized carbons (Fsp3) is 0.800. The second-order valence-corrected chi connectivity index (χ2v) is 4.69. The van der Waals surface area contributed by atoms with Gasteiger partial charge >= 0.3 is 0 Å². The average molecular weight is 233 g/mol. The van der Waals surface area contributed by atoms with Crippen molar-refractivity contribution in [3.63, 3.8) is 0 Å². The van der Waals surface area contributed by atoms with Gasteiger partial charge in [0.1, 0.15) is 11.4 Å². The fourth-order valence-corrected chi connectivity index (χ4v) is 1.94. The van der Waals surface area contributed by atoms with Crippen LogP contribution in [0.15, 0.2) is 0 Å². The number of carbonyl (C=O) groups excluding carboxylic acids is 2. The van der Waals surface area contributed by atoms with Gasteiger partial charge in [0.25, 0.3) is 0 Å². The summed E-state index contributed by atoms with van der Waals surface area (Å²) >= 11 is 5.74. The summed E-state index contributed by atoms with van der Waals surface area (Å²) in [4.78, 5) is 26.6. The Kier molecular flexibility index (Phi) is 3.97. The van der Waals surface area contributed by atoms with Crippen LogP contribution in [0.4, 0.5) is 0 Å². The van der Waals surface area contributed by atoms with Crippen LogP contribution < -0.4 is 0 Å². The molecule has 1 aliphatic heterocycles. The zero-order valence-corrected chi connectivity index (χ0v) is 10.1. The van der Waals surface area contributed by atoms with E-state index >= 15 is 0 Å². The fourth-order valence-electron chi connectivity index (χ4n) is 1.81. The van der Waals surface area contributed by atoms with Gasteiger partial charge < -0.3 is 9.80 Å². The summed E-state index contributed by atoms with van der Waals surface area (Å²) in [5.41, 5.74) is 0. The molecule has 0 aliphatic carbocycles. The molecule has 0 saturated carbocycles. The number of likely N-dealkylation sites (N-methyl/N-ethyl adjacent to an activating group) is 1. The number of nitrogens with zero attached hydrogens (tertiary/aromatic N) is 2. The molecular formula is C10H17ClN2O2. The predicted molar refractivity (Wildman–Crippen MR) is 58.7 cm³/mol. The lowest BCUT2D eigenvalue weighted by atomic mass is 10.2. The number of hydrogen-bond acceptors (Lipinski definition) is 2. The summed E-state index contributed by atoms with van der Waals surface area (Å²) in [6, 6.07) is -0.311. The zero-order chi connectivity index (χ0) is 11.6. The Labute approximate surface area is 95.2 Å². The lowest BCUT2D eigenvalue weighted by Crippen LogP contribution is -2.47. The summed E-state index contributed by atoms with van der Waals surface area (Å²) in [5.74, 6) is -0.160. The second-order valence-electron chi connectivity index (χ2n) is 4.04. The Hall–Kier alpha value is -0.770. The SMILES string of the molecule is CC(Cl)C(=O)N1CCCC1C(=O)N(C)C. The van der Waals surface area contributed by atoms with Gasteiger partial charge in [-0.3, -0.25) is 9.59 Å². The van der Waals surface area contributed by atoms with E-state index in [2.05, 4.69) is 0 Å². The number of rotatable bonds is 2. The molecule has 2 unspecified atom stereocenters. The largest absolute Gasteiger partial charge is 0.347 e. The normalized spacial score (nSPS) is 22.7. The zero-order valence-electron chi connectivity index (χ0n) is 9.36. The maximum atomic E-state index is 11.8. The predicted octanol–water partition coefficient (Wildman–Crippen LogP) is 0.693. The van der Waals surface area contributed by atoms with Gasteiger partial charge in [0.15, 0.2) is 0 Å². The van der Waals surface area contributed by atoms with E-state index in [9.17, 15) is 9.59 Å². The van der Waals surface area contributed by atoms with Gasteiger partial charge in [-0.25, -0.2) is 0 Å². The first-order valence-electron chi connectivity index (χ1n) is 5.11. The van der Waals surface area contributed by atoms with Crippen molar-refractivity contribution in [3.8, 4) is 0 Å². The minimum absolute atomic E-state index is 0.0156. The third kappa shape index (κ3) is 2.62. The molecule has 15 heavy (non-hydrogen) atoms. The van der Waals surface area contributed by atoms with Gasteiger partial charge in [-0.1, -0.05) is 0 Å². The molecule has 2 amide bonds. The molecule has 0 aromatic rings. The molecule has 2 atom stereocenters. The van der Waals surface area contributed by atoms with Gasteiger partial charge in [0.05, 0.1) is 0 Å². The van der Waals surface area contributed by atoms with Crippen molar-refractivity contribution in [2.24, 2.45) is 0 Å². The monoisotopic (exact) mass is 232 g/mol. The van der Waals surface area contributed by atoms with Crippen LogP contribution in [0.5, 0.6) is 0 Å². The van der Waals surface area contributed by atoms with Crippen LogP contribution >= 0.6 is 11.6 Å². The number of alkyl halides is 1. The molecule has 0 bridgehead atoms. The Morgan fingerprint density at radius 2 is 2.07 bits per heavy atom. The first-order valence-corrected chi connectivity index (χ1v) is 5.54. The highest BCUT2D eigenvalue weighted by atomic mass is 35.5. The average Bonchev–Trinajstić information content (AvgIpc) is 2.63. The van der Waals surface area contributed by atoms with E-state index in [1.54, 1.807) is 25.9 Å². The lowest BCUT2D eigenvalue weighted by Gasteiger charge is -2.26. The van der Waals surface area contributed by atoms with Crippen molar-refractivity contribution in [2.45, 2.75) is 31.2 Å². The Morgan fingerprint density at radius 1 is 1.47 bits per heavy atom. The molecule has 0 aromatic heterocycles. The third-order valence-electron chi connectivity index (χ3n) is 2.60. The number of carbonyl (C=O) groups is 2. The highest BCUT2D eigenvalue weighted by Gasteiger charge is 2.35. The molecule has 0 radical (unpaired) electrons. The molecule has 1 aliphatic rings. The molecule has 4 nitrogen and oxygen atoms in total. The van der Waals surface area contributed by atoms with Crippen LogP contribution in [0.1, 0.15) is 19.8 Å². The standard InChI is InChI=1S/C10H17ClN2O2/c1-7(11)9(14)13-6-4-5-8(13)10(15)12(2)3/h7-8H,4-6H2,1-3H3. The molecule has 5 heteroatoms. The summed E-state index contributed by atoms with van der Waals surface area (Å²) < 4.78 is 0. The van der Waals surface area contributed by atoms with E-state index in [1.807, 2.05) is 0 Å². The molecule has 0 N–H and O–H groups in total. The third-order valence-corrected chi connectivity index (χ3v) is 2.79. The minimum Gasteiger partial charge on any atom is -0.347 e. The molecule has 1 heterocycles. The minimum atomic E-state index is -0.555. The van der Waals surface area contributed by atoms with Crippen LogP contribution in [0.2, 0.25) is 0 Å². The maximum Gasteiger partial charge on any atom is 0.244 e. The van der Waals surface area contributed by atoms with Crippen molar-refractivity contribution in [1.82, 2.24) is 9.80 Å². The quantitative estimate of drug-likeness (QED) is 0.658. The van der Waals surface area contributed by atoms with Crippen LogP contribution in [-0.4, -0.2) is 53.7 Å². The van der Waals surface area contributed by atoms with E-state index in [4.69, 9.17) is 11.6 Å². The molecule has 1 fully saturated rings. The summed E-state index contributed by atoms with van der Waals surface area (Å²) in [6.45, 7) is 2.28. The number of halogens is 1. The van der Waals surface area contributed by atoms with Crippen LogP contribution in [0.3, 0.4) is 0 Å². The van der Waals surface area contributed by atoms with Crippen molar-refractivity contribution in [3.05, 3.63) is 0 Å². The van der Waals surface area contributed by atoms with Crippen LogP contribution in [0, 0.1) is 0 Å². The highest BCUT2D eigenvalue weighted by molar-refractivity contribution is 6.30. The van der Waals surface area contributed by atoms with Crippen LogP contribution in [-0.2, 0) is 9.59 Å². The number of hydrogen-bond donors (Lipinski definition) is 0. The van der Waals surface area contributed by atoms with Gasteiger partial charge in [0.2, 0.25) is 11.8 Å². The van der Waals surface area contributed by atoms with Crippen LogP contribution in [0.25, 0.3) is 0 Å². The summed E-state index contributed by atoms with van der Waals surface area (Å²) in [6.07, 6.45) is 1.62. The molecule has 0 spiro atoms.